The Morgan fingerprint density at radius 2 is 1.77 bits per heavy atom. The Bertz CT molecular complexity index is 899. The van der Waals surface area contributed by atoms with Gasteiger partial charge in [-0.25, -0.2) is 21.6 Å². The third kappa shape index (κ3) is 3.20. The standard InChI is InChI=1S/C17H24N2O5S2/c20-25(21)16-12-15(26(22,23)19-8-10-24-11-9-19)5-4-14(16)13-17(18-25)6-2-1-3-7-17/h4-5,12,18H,1-3,6-11,13H2. The number of morpholine rings is 1. The van der Waals surface area contributed by atoms with Crippen molar-refractivity contribution in [3.63, 3.8) is 0 Å². The van der Waals surface area contributed by atoms with Crippen molar-refractivity contribution in [3.05, 3.63) is 23.8 Å². The Morgan fingerprint density at radius 1 is 1.08 bits per heavy atom. The van der Waals surface area contributed by atoms with Gasteiger partial charge in [0.1, 0.15) is 0 Å². The second-order valence-corrected chi connectivity index (χ2v) is 11.0. The van der Waals surface area contributed by atoms with E-state index in [4.69, 9.17) is 4.74 Å². The summed E-state index contributed by atoms with van der Waals surface area (Å²) in [5, 5.41) is 0. The van der Waals surface area contributed by atoms with Crippen LogP contribution in [-0.4, -0.2) is 53.0 Å². The van der Waals surface area contributed by atoms with Crippen LogP contribution in [0, 0.1) is 0 Å². The van der Waals surface area contributed by atoms with Gasteiger partial charge < -0.3 is 4.74 Å². The maximum atomic E-state index is 12.9. The molecular weight excluding hydrogens is 376 g/mol. The van der Waals surface area contributed by atoms with Gasteiger partial charge in [0.15, 0.2) is 0 Å². The molecule has 0 bridgehead atoms. The van der Waals surface area contributed by atoms with Crippen molar-refractivity contribution < 1.29 is 21.6 Å². The third-order valence-corrected chi connectivity index (χ3v) is 9.18. The molecular formula is C17H24N2O5S2. The molecule has 1 N–H and O–H groups in total. The van der Waals surface area contributed by atoms with E-state index in [1.807, 2.05) is 0 Å². The fourth-order valence-corrected chi connectivity index (χ4v) is 7.51. The van der Waals surface area contributed by atoms with E-state index in [1.54, 1.807) is 12.1 Å². The first-order chi connectivity index (χ1) is 12.3. The lowest BCUT2D eigenvalue weighted by atomic mass is 9.78. The summed E-state index contributed by atoms with van der Waals surface area (Å²) in [4.78, 5) is 0.131. The van der Waals surface area contributed by atoms with E-state index < -0.39 is 25.6 Å². The van der Waals surface area contributed by atoms with Crippen molar-refractivity contribution in [2.24, 2.45) is 0 Å². The summed E-state index contributed by atoms with van der Waals surface area (Å²) in [5.41, 5.74) is 0.306. The first-order valence-corrected chi connectivity index (χ1v) is 12.0. The van der Waals surface area contributed by atoms with Crippen LogP contribution in [0.5, 0.6) is 0 Å². The summed E-state index contributed by atoms with van der Waals surface area (Å²) in [7, 11) is -7.44. The predicted molar refractivity (Wildman–Crippen MR) is 95.9 cm³/mol. The highest BCUT2D eigenvalue weighted by Crippen LogP contribution is 2.38. The van der Waals surface area contributed by atoms with Crippen LogP contribution in [0.1, 0.15) is 37.7 Å². The molecule has 0 amide bonds. The number of hydrogen-bond donors (Lipinski definition) is 1. The van der Waals surface area contributed by atoms with Crippen LogP contribution in [0.2, 0.25) is 0 Å². The second kappa shape index (κ2) is 6.56. The number of benzene rings is 1. The van der Waals surface area contributed by atoms with Gasteiger partial charge in [-0.15, -0.1) is 0 Å². The molecule has 0 radical (unpaired) electrons. The average molecular weight is 401 g/mol. The van der Waals surface area contributed by atoms with E-state index in [2.05, 4.69) is 4.72 Å². The molecule has 1 spiro atoms. The van der Waals surface area contributed by atoms with Crippen molar-refractivity contribution in [1.29, 1.82) is 0 Å². The zero-order chi connectivity index (χ0) is 18.4. The molecule has 7 nitrogen and oxygen atoms in total. The van der Waals surface area contributed by atoms with Gasteiger partial charge in [0.25, 0.3) is 0 Å². The zero-order valence-corrected chi connectivity index (χ0v) is 16.2. The number of nitrogens with zero attached hydrogens (tertiary/aromatic N) is 1. The molecule has 1 aromatic carbocycles. The summed E-state index contributed by atoms with van der Waals surface area (Å²) in [5.74, 6) is 0. The lowest BCUT2D eigenvalue weighted by Gasteiger charge is -2.41. The summed E-state index contributed by atoms with van der Waals surface area (Å²) < 4.78 is 60.8. The van der Waals surface area contributed by atoms with Crippen LogP contribution in [0.15, 0.2) is 28.0 Å². The number of rotatable bonds is 2. The fraction of sp³-hybridized carbons (Fsp3) is 0.647. The highest BCUT2D eigenvalue weighted by molar-refractivity contribution is 7.90. The molecule has 2 aliphatic heterocycles. The van der Waals surface area contributed by atoms with Crippen molar-refractivity contribution in [2.45, 2.75) is 53.9 Å². The van der Waals surface area contributed by atoms with Crippen LogP contribution in [-0.2, 0) is 31.2 Å². The van der Waals surface area contributed by atoms with Crippen molar-refractivity contribution in [2.75, 3.05) is 26.3 Å². The molecule has 0 unspecified atom stereocenters. The average Bonchev–Trinajstić information content (AvgIpc) is 2.62. The van der Waals surface area contributed by atoms with Gasteiger partial charge >= 0.3 is 0 Å². The maximum Gasteiger partial charge on any atom is 0.243 e. The van der Waals surface area contributed by atoms with Crippen LogP contribution in [0.3, 0.4) is 0 Å². The van der Waals surface area contributed by atoms with Gasteiger partial charge in [0.2, 0.25) is 20.0 Å². The number of fused-ring (bicyclic) bond motifs is 1. The number of ether oxygens (including phenoxy) is 1. The third-order valence-electron chi connectivity index (χ3n) is 5.63. The van der Waals surface area contributed by atoms with E-state index in [0.29, 0.717) is 25.2 Å². The van der Waals surface area contributed by atoms with Crippen molar-refractivity contribution >= 4 is 20.0 Å². The maximum absolute atomic E-state index is 12.9. The predicted octanol–water partition coefficient (Wildman–Crippen LogP) is 1.24. The summed E-state index contributed by atoms with van der Waals surface area (Å²) in [6.07, 6.45) is 5.45. The molecule has 144 valence electrons. The summed E-state index contributed by atoms with van der Waals surface area (Å²) >= 11 is 0. The molecule has 2 heterocycles. The number of nitrogens with one attached hydrogen (secondary N) is 1. The monoisotopic (exact) mass is 400 g/mol. The number of sulfonamides is 2. The zero-order valence-electron chi connectivity index (χ0n) is 14.6. The summed E-state index contributed by atoms with van der Waals surface area (Å²) in [6.45, 7) is 1.28. The normalized spacial score (nSPS) is 25.7. The fourth-order valence-electron chi connectivity index (χ4n) is 4.28. The molecule has 3 aliphatic rings. The smallest absolute Gasteiger partial charge is 0.243 e. The lowest BCUT2D eigenvalue weighted by molar-refractivity contribution is 0.0730. The minimum absolute atomic E-state index is 0.0307. The lowest BCUT2D eigenvalue weighted by Crippen LogP contribution is -2.54. The Morgan fingerprint density at radius 3 is 2.46 bits per heavy atom. The Hall–Kier alpha value is -1.00. The number of hydrogen-bond acceptors (Lipinski definition) is 5. The Balaban J connectivity index is 1.71. The van der Waals surface area contributed by atoms with Gasteiger partial charge in [0.05, 0.1) is 23.0 Å². The highest BCUT2D eigenvalue weighted by Gasteiger charge is 2.42. The molecule has 0 atom stereocenters. The quantitative estimate of drug-likeness (QED) is 0.806. The minimum atomic E-state index is -3.72. The highest BCUT2D eigenvalue weighted by atomic mass is 32.2. The molecule has 26 heavy (non-hydrogen) atoms. The van der Waals surface area contributed by atoms with Crippen molar-refractivity contribution in [3.8, 4) is 0 Å². The Kier molecular flexibility index (Phi) is 4.63. The minimum Gasteiger partial charge on any atom is -0.379 e. The SMILES string of the molecule is O=S1(=O)NC2(CCCCC2)Cc2ccc(S(=O)(=O)N3CCOCC3)cc21. The molecule has 1 aliphatic carbocycles. The van der Waals surface area contributed by atoms with Gasteiger partial charge in [-0.05, 0) is 37.0 Å². The van der Waals surface area contributed by atoms with Gasteiger partial charge in [-0.1, -0.05) is 25.3 Å². The largest absolute Gasteiger partial charge is 0.379 e. The molecule has 4 rings (SSSR count). The molecule has 9 heteroatoms. The van der Waals surface area contributed by atoms with E-state index in [9.17, 15) is 16.8 Å². The molecule has 1 aromatic rings. The van der Waals surface area contributed by atoms with Crippen molar-refractivity contribution in [1.82, 2.24) is 9.03 Å². The first-order valence-electron chi connectivity index (χ1n) is 9.07. The van der Waals surface area contributed by atoms with Gasteiger partial charge in [-0.3, -0.25) is 0 Å². The van der Waals surface area contributed by atoms with Gasteiger partial charge in [0, 0.05) is 18.6 Å². The van der Waals surface area contributed by atoms with Crippen LogP contribution in [0.4, 0.5) is 0 Å². The second-order valence-electron chi connectivity index (χ2n) is 7.41. The Labute approximate surface area is 154 Å². The first kappa shape index (κ1) is 18.4. The molecule has 2 fully saturated rings. The van der Waals surface area contributed by atoms with Crippen LogP contribution >= 0.6 is 0 Å². The van der Waals surface area contributed by atoms with E-state index in [-0.39, 0.29) is 22.9 Å². The molecule has 0 aromatic heterocycles. The van der Waals surface area contributed by atoms with E-state index in [0.717, 1.165) is 32.1 Å². The van der Waals surface area contributed by atoms with Gasteiger partial charge in [-0.2, -0.15) is 4.31 Å². The molecule has 1 saturated heterocycles. The van der Waals surface area contributed by atoms with Crippen LogP contribution in [0.25, 0.3) is 0 Å². The van der Waals surface area contributed by atoms with E-state index >= 15 is 0 Å². The molecule has 1 saturated carbocycles. The van der Waals surface area contributed by atoms with Crippen LogP contribution < -0.4 is 4.72 Å². The summed E-state index contributed by atoms with van der Waals surface area (Å²) in [6, 6.07) is 4.54. The topological polar surface area (TPSA) is 92.8 Å². The van der Waals surface area contributed by atoms with E-state index in [1.165, 1.54) is 10.4 Å².